The molecule has 0 bridgehead atoms. The summed E-state index contributed by atoms with van der Waals surface area (Å²) in [4.78, 5) is 45.3. The molecular formula is C26H30FN5O5. The monoisotopic (exact) mass is 511 g/mol. The van der Waals surface area contributed by atoms with Crippen LogP contribution in [-0.4, -0.2) is 89.7 Å². The summed E-state index contributed by atoms with van der Waals surface area (Å²) in [6.45, 7) is 8.33. The van der Waals surface area contributed by atoms with Crippen LogP contribution in [0.5, 0.6) is 0 Å². The second kappa shape index (κ2) is 10.1. The highest BCUT2D eigenvalue weighted by atomic mass is 19.1. The molecule has 196 valence electrons. The molecule has 11 heteroatoms. The van der Waals surface area contributed by atoms with Gasteiger partial charge in [0.2, 0.25) is 0 Å². The van der Waals surface area contributed by atoms with E-state index in [4.69, 9.17) is 4.74 Å². The maximum Gasteiger partial charge on any atom is 0.256 e. The maximum absolute atomic E-state index is 14.7. The molecule has 0 radical (unpaired) electrons. The molecule has 1 aromatic heterocycles. The van der Waals surface area contributed by atoms with E-state index in [9.17, 15) is 23.9 Å². The molecule has 4 N–H and O–H groups in total. The van der Waals surface area contributed by atoms with E-state index in [0.29, 0.717) is 55.2 Å². The van der Waals surface area contributed by atoms with E-state index in [1.807, 2.05) is 11.8 Å². The Morgan fingerprint density at radius 1 is 1.24 bits per heavy atom. The first-order valence-electron chi connectivity index (χ1n) is 12.4. The number of aromatic amines is 1. The lowest BCUT2D eigenvalue weighted by Crippen LogP contribution is -2.45. The number of anilines is 2. The third-order valence-corrected chi connectivity index (χ3v) is 7.11. The number of rotatable bonds is 6. The number of hydrogen-bond donors (Lipinski definition) is 4. The van der Waals surface area contributed by atoms with Gasteiger partial charge >= 0.3 is 0 Å². The second-order valence-corrected chi connectivity index (χ2v) is 9.57. The van der Waals surface area contributed by atoms with Crippen LogP contribution in [-0.2, 0) is 20.7 Å². The van der Waals surface area contributed by atoms with Gasteiger partial charge in [-0.25, -0.2) is 4.39 Å². The number of hydrogen-bond acceptors (Lipinski definition) is 6. The Bertz CT molecular complexity index is 1290. The number of aliphatic hydroxyl groups excluding tert-OH is 1. The highest BCUT2D eigenvalue weighted by molar-refractivity contribution is 6.35. The summed E-state index contributed by atoms with van der Waals surface area (Å²) in [6.07, 6.45) is 1.00. The van der Waals surface area contributed by atoms with Gasteiger partial charge in [-0.05, 0) is 37.6 Å². The summed E-state index contributed by atoms with van der Waals surface area (Å²) < 4.78 is 20.1. The number of carbonyl (C=O) groups is 3. The molecule has 1 saturated heterocycles. The molecule has 2 aromatic rings. The van der Waals surface area contributed by atoms with Crippen LogP contribution < -0.4 is 10.6 Å². The SMILES string of the molecule is Cc1c(/C=C2/C(=O)Nc3cc(NC(=O)[C@H](C)O)c(F)cc32)[nH]c2c1C(=O)N(CCN1CCOCC1)CC2. The molecule has 1 fully saturated rings. The lowest BCUT2D eigenvalue weighted by atomic mass is 10.0. The van der Waals surface area contributed by atoms with Crippen molar-refractivity contribution in [3.8, 4) is 0 Å². The van der Waals surface area contributed by atoms with E-state index in [-0.39, 0.29) is 17.2 Å². The van der Waals surface area contributed by atoms with Crippen LogP contribution in [0.4, 0.5) is 15.8 Å². The zero-order valence-corrected chi connectivity index (χ0v) is 20.8. The third-order valence-electron chi connectivity index (χ3n) is 7.11. The summed E-state index contributed by atoms with van der Waals surface area (Å²) in [6, 6.07) is 2.50. The van der Waals surface area contributed by atoms with E-state index in [1.165, 1.54) is 19.1 Å². The van der Waals surface area contributed by atoms with E-state index in [1.54, 1.807) is 6.08 Å². The highest BCUT2D eigenvalue weighted by Gasteiger charge is 2.31. The summed E-state index contributed by atoms with van der Waals surface area (Å²) in [7, 11) is 0. The minimum atomic E-state index is -1.31. The molecule has 1 aromatic carbocycles. The van der Waals surface area contributed by atoms with Crippen molar-refractivity contribution in [2.45, 2.75) is 26.4 Å². The summed E-state index contributed by atoms with van der Waals surface area (Å²) >= 11 is 0. The third kappa shape index (κ3) is 4.89. The summed E-state index contributed by atoms with van der Waals surface area (Å²) in [5, 5.41) is 14.4. The first-order chi connectivity index (χ1) is 17.7. The molecule has 1 atom stereocenters. The number of carbonyl (C=O) groups excluding carboxylic acids is 3. The van der Waals surface area contributed by atoms with Gasteiger partial charge in [-0.3, -0.25) is 19.3 Å². The lowest BCUT2D eigenvalue weighted by molar-refractivity contribution is -0.123. The van der Waals surface area contributed by atoms with Crippen LogP contribution >= 0.6 is 0 Å². The quantitative estimate of drug-likeness (QED) is 0.437. The molecule has 0 saturated carbocycles. The fraction of sp³-hybridized carbons (Fsp3) is 0.423. The van der Waals surface area contributed by atoms with Gasteiger partial charge in [0.1, 0.15) is 11.9 Å². The van der Waals surface area contributed by atoms with Gasteiger partial charge in [-0.15, -0.1) is 0 Å². The summed E-state index contributed by atoms with van der Waals surface area (Å²) in [5.74, 6) is -1.94. The lowest BCUT2D eigenvalue weighted by Gasteiger charge is -2.32. The average Bonchev–Trinajstić information content (AvgIpc) is 3.35. The number of nitrogens with zero attached hydrogens (tertiary/aromatic N) is 2. The normalized spacial score (nSPS) is 19.6. The first kappa shape index (κ1) is 25.1. The standard InChI is InChI=1S/C26H30FN5O5/c1-14-20(28-19-3-4-32(26(36)23(14)19)6-5-31-7-9-37-10-8-31)12-17-16-11-18(27)22(30-24(34)15(2)33)13-21(16)29-25(17)35/h11-13,15,28,33H,3-10H2,1-2H3,(H,29,35)(H,30,34)/b17-12+/t15-/m0/s1. The Kier molecular flexibility index (Phi) is 6.84. The number of benzene rings is 1. The van der Waals surface area contributed by atoms with Gasteiger partial charge in [0.25, 0.3) is 17.7 Å². The number of morpholine rings is 1. The van der Waals surface area contributed by atoms with Crippen molar-refractivity contribution in [1.82, 2.24) is 14.8 Å². The van der Waals surface area contributed by atoms with Crippen molar-refractivity contribution >= 4 is 40.7 Å². The fourth-order valence-electron chi connectivity index (χ4n) is 4.94. The van der Waals surface area contributed by atoms with Gasteiger partial charge in [0, 0.05) is 56.1 Å². The van der Waals surface area contributed by atoms with Crippen LogP contribution in [0.2, 0.25) is 0 Å². The van der Waals surface area contributed by atoms with Gasteiger partial charge in [-0.2, -0.15) is 0 Å². The highest BCUT2D eigenvalue weighted by Crippen LogP contribution is 2.37. The van der Waals surface area contributed by atoms with Crippen molar-refractivity contribution < 1.29 is 28.6 Å². The predicted molar refractivity (Wildman–Crippen MR) is 136 cm³/mol. The Hall–Kier alpha value is -3.54. The number of aliphatic hydroxyl groups is 1. The zero-order chi connectivity index (χ0) is 26.3. The largest absolute Gasteiger partial charge is 0.384 e. The van der Waals surface area contributed by atoms with Gasteiger partial charge < -0.3 is 30.4 Å². The molecular weight excluding hydrogens is 481 g/mol. The second-order valence-electron chi connectivity index (χ2n) is 9.57. The topological polar surface area (TPSA) is 127 Å². The van der Waals surface area contributed by atoms with Crippen molar-refractivity contribution in [3.05, 3.63) is 46.0 Å². The Balaban J connectivity index is 1.38. The predicted octanol–water partition coefficient (Wildman–Crippen LogP) is 1.60. The van der Waals surface area contributed by atoms with E-state index >= 15 is 0 Å². The van der Waals surface area contributed by atoms with Crippen LogP contribution in [0.15, 0.2) is 12.1 Å². The molecule has 10 nitrogen and oxygen atoms in total. The van der Waals surface area contributed by atoms with Gasteiger partial charge in [-0.1, -0.05) is 0 Å². The number of aromatic nitrogens is 1. The van der Waals surface area contributed by atoms with Crippen molar-refractivity contribution in [2.75, 3.05) is 56.6 Å². The molecule has 0 unspecified atom stereocenters. The molecule has 4 heterocycles. The number of ether oxygens (including phenoxy) is 1. The molecule has 3 aliphatic heterocycles. The smallest absolute Gasteiger partial charge is 0.256 e. The van der Waals surface area contributed by atoms with Crippen LogP contribution in [0, 0.1) is 12.7 Å². The summed E-state index contributed by atoms with van der Waals surface area (Å²) in [5.41, 5.74) is 3.63. The van der Waals surface area contributed by atoms with E-state index < -0.39 is 23.7 Å². The Labute approximate surface area is 213 Å². The Morgan fingerprint density at radius 2 is 2.00 bits per heavy atom. The average molecular weight is 512 g/mol. The van der Waals surface area contributed by atoms with E-state index in [2.05, 4.69) is 20.5 Å². The van der Waals surface area contributed by atoms with Crippen LogP contribution in [0.1, 0.15) is 39.8 Å². The van der Waals surface area contributed by atoms with Gasteiger partial charge in [0.05, 0.1) is 35.7 Å². The molecule has 3 aliphatic rings. The number of amides is 3. The fourth-order valence-corrected chi connectivity index (χ4v) is 4.94. The molecule has 5 rings (SSSR count). The minimum absolute atomic E-state index is 0.0336. The number of nitrogens with one attached hydrogen (secondary N) is 3. The molecule has 3 amide bonds. The van der Waals surface area contributed by atoms with Crippen LogP contribution in [0.25, 0.3) is 11.6 Å². The molecule has 37 heavy (non-hydrogen) atoms. The number of fused-ring (bicyclic) bond motifs is 2. The van der Waals surface area contributed by atoms with Gasteiger partial charge in [0.15, 0.2) is 0 Å². The van der Waals surface area contributed by atoms with E-state index in [0.717, 1.165) is 30.9 Å². The zero-order valence-electron chi connectivity index (χ0n) is 20.8. The number of halogens is 1. The molecule has 0 spiro atoms. The number of H-pyrrole nitrogens is 1. The van der Waals surface area contributed by atoms with Crippen LogP contribution in [0.3, 0.4) is 0 Å². The maximum atomic E-state index is 14.7. The molecule has 0 aliphatic carbocycles. The van der Waals surface area contributed by atoms with Crippen molar-refractivity contribution in [3.63, 3.8) is 0 Å². The minimum Gasteiger partial charge on any atom is -0.384 e. The van der Waals surface area contributed by atoms with Crippen molar-refractivity contribution in [1.29, 1.82) is 0 Å². The Morgan fingerprint density at radius 3 is 2.73 bits per heavy atom. The van der Waals surface area contributed by atoms with Crippen molar-refractivity contribution in [2.24, 2.45) is 0 Å². The first-order valence-corrected chi connectivity index (χ1v) is 12.4.